The van der Waals surface area contributed by atoms with E-state index in [1.807, 2.05) is 0 Å². The minimum absolute atomic E-state index is 0.150. The molecule has 0 bridgehead atoms. The van der Waals surface area contributed by atoms with E-state index in [0.29, 0.717) is 17.0 Å². The first-order valence-electron chi connectivity index (χ1n) is 5.30. The molecule has 0 aliphatic heterocycles. The summed E-state index contributed by atoms with van der Waals surface area (Å²) in [6, 6.07) is 4.25. The lowest BCUT2D eigenvalue weighted by molar-refractivity contribution is 0.254. The molecule has 4 nitrogen and oxygen atoms in total. The van der Waals surface area contributed by atoms with Gasteiger partial charge in [-0.25, -0.2) is 13.1 Å². The molecule has 0 saturated carbocycles. The summed E-state index contributed by atoms with van der Waals surface area (Å²) in [4.78, 5) is 0.150. The molecule has 6 heteroatoms. The molecule has 96 valence electrons. The molecule has 0 aliphatic carbocycles. The van der Waals surface area contributed by atoms with Crippen LogP contribution in [-0.2, 0) is 10.0 Å². The fraction of sp³-hybridized carbons (Fsp3) is 0.455. The molecule has 0 aromatic heterocycles. The van der Waals surface area contributed by atoms with Crippen molar-refractivity contribution >= 4 is 21.6 Å². The van der Waals surface area contributed by atoms with E-state index in [9.17, 15) is 8.42 Å². The Morgan fingerprint density at radius 2 is 2.12 bits per heavy atom. The standard InChI is InChI=1S/C11H16ClNO3S/c1-3-9(7-14)13-17(15,16)11-6-4-5-10(12)8(11)2/h4-6,9,13-14H,3,7H2,1-2H3. The van der Waals surface area contributed by atoms with Crippen molar-refractivity contribution < 1.29 is 13.5 Å². The van der Waals surface area contributed by atoms with E-state index < -0.39 is 16.1 Å². The number of sulfonamides is 1. The highest BCUT2D eigenvalue weighted by atomic mass is 35.5. The van der Waals surface area contributed by atoms with Crippen molar-refractivity contribution in [2.24, 2.45) is 0 Å². The smallest absolute Gasteiger partial charge is 0.241 e. The van der Waals surface area contributed by atoms with Gasteiger partial charge < -0.3 is 5.11 Å². The van der Waals surface area contributed by atoms with Crippen LogP contribution in [0.3, 0.4) is 0 Å². The summed E-state index contributed by atoms with van der Waals surface area (Å²) >= 11 is 5.88. The van der Waals surface area contributed by atoms with Gasteiger partial charge in [0, 0.05) is 11.1 Å². The lowest BCUT2D eigenvalue weighted by Crippen LogP contribution is -2.37. The average molecular weight is 278 g/mol. The number of hydrogen-bond donors (Lipinski definition) is 2. The third-order valence-electron chi connectivity index (χ3n) is 2.54. The van der Waals surface area contributed by atoms with Gasteiger partial charge in [0.2, 0.25) is 10.0 Å². The first-order chi connectivity index (χ1) is 7.92. The Kier molecular flexibility index (Phi) is 4.94. The Labute approximate surface area is 107 Å². The second-order valence-electron chi connectivity index (χ2n) is 3.77. The third kappa shape index (κ3) is 3.42. The molecule has 0 aliphatic rings. The lowest BCUT2D eigenvalue weighted by Gasteiger charge is -2.15. The highest BCUT2D eigenvalue weighted by molar-refractivity contribution is 7.89. The number of halogens is 1. The quantitative estimate of drug-likeness (QED) is 0.861. The Hall–Kier alpha value is -0.620. The van der Waals surface area contributed by atoms with E-state index in [1.54, 1.807) is 26.0 Å². The van der Waals surface area contributed by atoms with E-state index >= 15 is 0 Å². The maximum Gasteiger partial charge on any atom is 0.241 e. The van der Waals surface area contributed by atoms with Crippen LogP contribution >= 0.6 is 11.6 Å². The minimum Gasteiger partial charge on any atom is -0.395 e. The van der Waals surface area contributed by atoms with Gasteiger partial charge in [-0.3, -0.25) is 0 Å². The van der Waals surface area contributed by atoms with Crippen molar-refractivity contribution in [3.63, 3.8) is 0 Å². The van der Waals surface area contributed by atoms with Crippen LogP contribution in [0.1, 0.15) is 18.9 Å². The van der Waals surface area contributed by atoms with Gasteiger partial charge in [-0.15, -0.1) is 0 Å². The molecule has 17 heavy (non-hydrogen) atoms. The van der Waals surface area contributed by atoms with E-state index in [1.165, 1.54) is 6.07 Å². The largest absolute Gasteiger partial charge is 0.395 e. The minimum atomic E-state index is -3.63. The van der Waals surface area contributed by atoms with Gasteiger partial charge in [-0.1, -0.05) is 24.6 Å². The van der Waals surface area contributed by atoms with Gasteiger partial charge in [-0.2, -0.15) is 0 Å². The molecule has 0 fully saturated rings. The predicted molar refractivity (Wildman–Crippen MR) is 67.7 cm³/mol. The molecule has 1 rings (SSSR count). The molecule has 0 saturated heterocycles. The second-order valence-corrected chi connectivity index (χ2v) is 5.86. The van der Waals surface area contributed by atoms with Gasteiger partial charge in [0.25, 0.3) is 0 Å². The van der Waals surface area contributed by atoms with Crippen molar-refractivity contribution in [2.45, 2.75) is 31.2 Å². The van der Waals surface area contributed by atoms with Gasteiger partial charge in [-0.05, 0) is 31.0 Å². The Bertz CT molecular complexity index is 483. The van der Waals surface area contributed by atoms with E-state index in [4.69, 9.17) is 16.7 Å². The van der Waals surface area contributed by atoms with Gasteiger partial charge in [0.1, 0.15) is 0 Å². The fourth-order valence-corrected chi connectivity index (χ4v) is 3.22. The summed E-state index contributed by atoms with van der Waals surface area (Å²) in [6.07, 6.45) is 0.523. The molecule has 2 N–H and O–H groups in total. The fourth-order valence-electron chi connectivity index (χ4n) is 1.41. The molecule has 0 spiro atoms. The lowest BCUT2D eigenvalue weighted by atomic mass is 10.2. The summed E-state index contributed by atoms with van der Waals surface area (Å²) in [7, 11) is -3.63. The van der Waals surface area contributed by atoms with Crippen molar-refractivity contribution in [3.05, 3.63) is 28.8 Å². The van der Waals surface area contributed by atoms with Crippen LogP contribution in [0.25, 0.3) is 0 Å². The van der Waals surface area contributed by atoms with Crippen molar-refractivity contribution in [3.8, 4) is 0 Å². The zero-order chi connectivity index (χ0) is 13.1. The molecular formula is C11H16ClNO3S. The first-order valence-corrected chi connectivity index (χ1v) is 7.16. The first kappa shape index (κ1) is 14.4. The van der Waals surface area contributed by atoms with Crippen LogP contribution in [0.2, 0.25) is 5.02 Å². The number of hydrogen-bond acceptors (Lipinski definition) is 3. The van der Waals surface area contributed by atoms with Crippen molar-refractivity contribution in [1.29, 1.82) is 0 Å². The highest BCUT2D eigenvalue weighted by Gasteiger charge is 2.21. The van der Waals surface area contributed by atoms with Gasteiger partial charge in [0.05, 0.1) is 11.5 Å². The maximum absolute atomic E-state index is 12.1. The Morgan fingerprint density at radius 1 is 1.47 bits per heavy atom. The molecular weight excluding hydrogens is 262 g/mol. The monoisotopic (exact) mass is 277 g/mol. The summed E-state index contributed by atoms with van der Waals surface area (Å²) in [6.45, 7) is 3.22. The van der Waals surface area contributed by atoms with Crippen molar-refractivity contribution in [2.75, 3.05) is 6.61 Å². The van der Waals surface area contributed by atoms with Gasteiger partial charge >= 0.3 is 0 Å². The Balaban J connectivity index is 3.09. The van der Waals surface area contributed by atoms with Crippen LogP contribution in [0.4, 0.5) is 0 Å². The van der Waals surface area contributed by atoms with E-state index in [2.05, 4.69) is 4.72 Å². The number of aliphatic hydroxyl groups is 1. The van der Waals surface area contributed by atoms with Crippen molar-refractivity contribution in [1.82, 2.24) is 4.72 Å². The summed E-state index contributed by atoms with van der Waals surface area (Å²) in [5.41, 5.74) is 0.509. The summed E-state index contributed by atoms with van der Waals surface area (Å²) in [5.74, 6) is 0. The van der Waals surface area contributed by atoms with Crippen LogP contribution in [0.5, 0.6) is 0 Å². The van der Waals surface area contributed by atoms with Crippen LogP contribution in [0, 0.1) is 6.92 Å². The zero-order valence-corrected chi connectivity index (χ0v) is 11.3. The Morgan fingerprint density at radius 3 is 2.65 bits per heavy atom. The predicted octanol–water partition coefficient (Wildman–Crippen LogP) is 1.70. The number of benzene rings is 1. The van der Waals surface area contributed by atoms with Crippen LogP contribution < -0.4 is 4.72 Å². The van der Waals surface area contributed by atoms with Gasteiger partial charge in [0.15, 0.2) is 0 Å². The molecule has 0 radical (unpaired) electrons. The highest BCUT2D eigenvalue weighted by Crippen LogP contribution is 2.22. The average Bonchev–Trinajstić information content (AvgIpc) is 2.29. The van der Waals surface area contributed by atoms with Crippen LogP contribution in [-0.4, -0.2) is 26.2 Å². The molecule has 1 aromatic rings. The molecule has 1 unspecified atom stereocenters. The summed E-state index contributed by atoms with van der Waals surface area (Å²) in [5, 5.41) is 9.41. The zero-order valence-electron chi connectivity index (χ0n) is 9.77. The number of aliphatic hydroxyl groups excluding tert-OH is 1. The normalized spacial score (nSPS) is 13.6. The molecule has 1 aromatic carbocycles. The van der Waals surface area contributed by atoms with E-state index in [0.717, 1.165) is 0 Å². The van der Waals surface area contributed by atoms with Crippen LogP contribution in [0.15, 0.2) is 23.1 Å². The topological polar surface area (TPSA) is 66.4 Å². The third-order valence-corrected chi connectivity index (χ3v) is 4.62. The maximum atomic E-state index is 12.1. The summed E-state index contributed by atoms with van der Waals surface area (Å²) < 4.78 is 26.5. The molecule has 0 heterocycles. The van der Waals surface area contributed by atoms with E-state index in [-0.39, 0.29) is 11.5 Å². The molecule has 0 amide bonds. The SMILES string of the molecule is CCC(CO)NS(=O)(=O)c1cccc(Cl)c1C. The molecule has 1 atom stereocenters. The second kappa shape index (κ2) is 5.82. The number of nitrogens with one attached hydrogen (secondary N) is 1. The number of rotatable bonds is 5.